The van der Waals surface area contributed by atoms with Gasteiger partial charge in [-0.05, 0) is 37.3 Å². The SMILES string of the molecule is Cc1ccc(NC(=O)c2cccc(NC3=N[C@@H]4CS(=O)(=O)C[C@@H]4S3)c2)cc1. The number of sulfone groups is 1. The molecule has 27 heavy (non-hydrogen) atoms. The lowest BCUT2D eigenvalue weighted by molar-refractivity contribution is 0.102. The minimum absolute atomic E-state index is 0.00878. The Kier molecular flexibility index (Phi) is 4.69. The van der Waals surface area contributed by atoms with Gasteiger partial charge in [0.2, 0.25) is 0 Å². The van der Waals surface area contributed by atoms with Gasteiger partial charge in [0.1, 0.15) is 0 Å². The molecule has 0 radical (unpaired) electrons. The Morgan fingerprint density at radius 1 is 1.11 bits per heavy atom. The Hall–Kier alpha value is -2.32. The maximum atomic E-state index is 12.5. The van der Waals surface area contributed by atoms with Gasteiger partial charge in [-0.25, -0.2) is 8.42 Å². The molecule has 2 aromatic rings. The third kappa shape index (κ3) is 4.17. The van der Waals surface area contributed by atoms with Gasteiger partial charge < -0.3 is 10.6 Å². The summed E-state index contributed by atoms with van der Waals surface area (Å²) in [5, 5.41) is 6.78. The number of aliphatic imine (C=N–C) groups is 1. The quantitative estimate of drug-likeness (QED) is 0.826. The van der Waals surface area contributed by atoms with Gasteiger partial charge in [0.15, 0.2) is 15.0 Å². The van der Waals surface area contributed by atoms with Crippen LogP contribution in [0.25, 0.3) is 0 Å². The summed E-state index contributed by atoms with van der Waals surface area (Å²) < 4.78 is 23.3. The van der Waals surface area contributed by atoms with Crippen LogP contribution in [-0.2, 0) is 9.84 Å². The summed E-state index contributed by atoms with van der Waals surface area (Å²) >= 11 is 1.46. The molecule has 2 aliphatic heterocycles. The Morgan fingerprint density at radius 2 is 1.89 bits per heavy atom. The molecule has 2 heterocycles. The molecule has 0 saturated carbocycles. The second-order valence-corrected chi connectivity index (χ2v) is 10.1. The van der Waals surface area contributed by atoms with Crippen molar-refractivity contribution in [2.75, 3.05) is 22.1 Å². The molecule has 0 aromatic heterocycles. The third-order valence-electron chi connectivity index (χ3n) is 4.50. The van der Waals surface area contributed by atoms with E-state index in [1.807, 2.05) is 37.3 Å². The molecule has 8 heteroatoms. The minimum atomic E-state index is -2.96. The standard InChI is InChI=1S/C19H19N3O3S2/c1-12-5-7-14(8-6-12)20-18(23)13-3-2-4-15(9-13)21-19-22-16-10-27(24,25)11-17(16)26-19/h2-9,16-17H,10-11H2,1H3,(H,20,23)(H,21,22)/t16-,17+/m1/s1. The van der Waals surface area contributed by atoms with Gasteiger partial charge in [0.05, 0.1) is 17.5 Å². The lowest BCUT2D eigenvalue weighted by Gasteiger charge is -2.09. The van der Waals surface area contributed by atoms with Crippen LogP contribution in [-0.4, -0.2) is 42.3 Å². The average Bonchev–Trinajstić information content (AvgIpc) is 3.09. The number of fused-ring (bicyclic) bond motifs is 1. The van der Waals surface area contributed by atoms with E-state index in [1.54, 1.807) is 18.2 Å². The first-order valence-corrected chi connectivity index (χ1v) is 11.3. The number of hydrogen-bond donors (Lipinski definition) is 2. The molecular formula is C19H19N3O3S2. The summed E-state index contributed by atoms with van der Waals surface area (Å²) in [5.74, 6) is 0.108. The molecule has 2 N–H and O–H groups in total. The monoisotopic (exact) mass is 401 g/mol. The number of nitrogens with one attached hydrogen (secondary N) is 2. The van der Waals surface area contributed by atoms with Crippen LogP contribution in [0, 0.1) is 6.92 Å². The van der Waals surface area contributed by atoms with Gasteiger partial charge in [-0.2, -0.15) is 0 Å². The summed E-state index contributed by atoms with van der Waals surface area (Å²) in [4.78, 5) is 17.0. The molecule has 0 spiro atoms. The normalized spacial score (nSPS) is 22.8. The van der Waals surface area contributed by atoms with E-state index in [1.165, 1.54) is 11.8 Å². The molecule has 140 valence electrons. The number of amides is 1. The van der Waals surface area contributed by atoms with E-state index < -0.39 is 9.84 Å². The molecule has 2 atom stereocenters. The number of thioether (sulfide) groups is 1. The summed E-state index contributed by atoms with van der Waals surface area (Å²) in [5.41, 5.74) is 3.16. The highest BCUT2D eigenvalue weighted by Gasteiger charge is 2.42. The Bertz CT molecular complexity index is 1020. The van der Waals surface area contributed by atoms with Crippen molar-refractivity contribution >= 4 is 44.0 Å². The summed E-state index contributed by atoms with van der Waals surface area (Å²) in [6.07, 6.45) is 0. The molecule has 2 aromatic carbocycles. The number of carbonyl (C=O) groups excluding carboxylic acids is 1. The summed E-state index contributed by atoms with van der Waals surface area (Å²) in [6, 6.07) is 14.6. The van der Waals surface area contributed by atoms with E-state index in [9.17, 15) is 13.2 Å². The van der Waals surface area contributed by atoms with E-state index in [0.29, 0.717) is 10.7 Å². The van der Waals surface area contributed by atoms with Crippen LogP contribution in [0.1, 0.15) is 15.9 Å². The van der Waals surface area contributed by atoms with Gasteiger partial charge in [0, 0.05) is 22.2 Å². The molecule has 6 nitrogen and oxygen atoms in total. The topological polar surface area (TPSA) is 87.6 Å². The number of nitrogens with zero attached hydrogens (tertiary/aromatic N) is 1. The van der Waals surface area contributed by atoms with Crippen LogP contribution in [0.3, 0.4) is 0 Å². The molecule has 1 saturated heterocycles. The Balaban J connectivity index is 1.44. The second-order valence-electron chi connectivity index (χ2n) is 6.76. The van der Waals surface area contributed by atoms with Crippen molar-refractivity contribution in [3.05, 3.63) is 59.7 Å². The molecule has 0 unspecified atom stereocenters. The zero-order valence-electron chi connectivity index (χ0n) is 14.7. The predicted molar refractivity (Wildman–Crippen MR) is 110 cm³/mol. The number of carbonyl (C=O) groups is 1. The highest BCUT2D eigenvalue weighted by Crippen LogP contribution is 2.34. The van der Waals surface area contributed by atoms with E-state index in [0.717, 1.165) is 16.9 Å². The molecule has 2 aliphatic rings. The van der Waals surface area contributed by atoms with Crippen molar-refractivity contribution in [1.29, 1.82) is 0 Å². The summed E-state index contributed by atoms with van der Waals surface area (Å²) in [7, 11) is -2.96. The Labute approximate surface area is 162 Å². The van der Waals surface area contributed by atoms with Crippen molar-refractivity contribution in [2.24, 2.45) is 4.99 Å². The Morgan fingerprint density at radius 3 is 2.63 bits per heavy atom. The zero-order chi connectivity index (χ0) is 19.0. The number of hydrogen-bond acceptors (Lipinski definition) is 6. The van der Waals surface area contributed by atoms with Gasteiger partial charge in [-0.15, -0.1) is 0 Å². The van der Waals surface area contributed by atoms with E-state index in [2.05, 4.69) is 15.6 Å². The lowest BCUT2D eigenvalue weighted by atomic mass is 10.1. The highest BCUT2D eigenvalue weighted by atomic mass is 32.2. The predicted octanol–water partition coefficient (Wildman–Crippen LogP) is 2.93. The van der Waals surface area contributed by atoms with Gasteiger partial charge in [-0.3, -0.25) is 9.79 Å². The van der Waals surface area contributed by atoms with Gasteiger partial charge >= 0.3 is 0 Å². The van der Waals surface area contributed by atoms with Crippen LogP contribution in [0.4, 0.5) is 11.4 Å². The van der Waals surface area contributed by atoms with Crippen molar-refractivity contribution < 1.29 is 13.2 Å². The molecule has 1 fully saturated rings. The van der Waals surface area contributed by atoms with Crippen molar-refractivity contribution in [2.45, 2.75) is 18.2 Å². The maximum absolute atomic E-state index is 12.5. The minimum Gasteiger partial charge on any atom is -0.335 e. The largest absolute Gasteiger partial charge is 0.335 e. The second kappa shape index (κ2) is 7.01. The zero-order valence-corrected chi connectivity index (χ0v) is 16.3. The van der Waals surface area contributed by atoms with Gasteiger partial charge in [-0.1, -0.05) is 35.5 Å². The molecule has 1 amide bonds. The fraction of sp³-hybridized carbons (Fsp3) is 0.263. The maximum Gasteiger partial charge on any atom is 0.255 e. The van der Waals surface area contributed by atoms with Crippen LogP contribution >= 0.6 is 11.8 Å². The number of benzene rings is 2. The first kappa shape index (κ1) is 18.1. The number of rotatable bonds is 3. The van der Waals surface area contributed by atoms with Gasteiger partial charge in [0.25, 0.3) is 5.91 Å². The number of anilines is 2. The van der Waals surface area contributed by atoms with Crippen LogP contribution in [0.5, 0.6) is 0 Å². The number of aryl methyl sites for hydroxylation is 1. The number of amidine groups is 1. The van der Waals surface area contributed by atoms with Crippen LogP contribution in [0.15, 0.2) is 53.5 Å². The smallest absolute Gasteiger partial charge is 0.255 e. The van der Waals surface area contributed by atoms with E-state index in [4.69, 9.17) is 0 Å². The first-order valence-electron chi connectivity index (χ1n) is 8.58. The van der Waals surface area contributed by atoms with E-state index >= 15 is 0 Å². The van der Waals surface area contributed by atoms with Crippen molar-refractivity contribution in [3.8, 4) is 0 Å². The highest BCUT2D eigenvalue weighted by molar-refractivity contribution is 8.15. The van der Waals surface area contributed by atoms with Crippen molar-refractivity contribution in [3.63, 3.8) is 0 Å². The average molecular weight is 402 g/mol. The fourth-order valence-corrected chi connectivity index (χ4v) is 6.79. The molecule has 0 aliphatic carbocycles. The van der Waals surface area contributed by atoms with Crippen LogP contribution in [0.2, 0.25) is 0 Å². The van der Waals surface area contributed by atoms with E-state index in [-0.39, 0.29) is 28.7 Å². The molecule has 4 rings (SSSR count). The van der Waals surface area contributed by atoms with Crippen molar-refractivity contribution in [1.82, 2.24) is 0 Å². The third-order valence-corrected chi connectivity index (χ3v) is 7.65. The summed E-state index contributed by atoms with van der Waals surface area (Å²) in [6.45, 7) is 1.99. The molecule has 0 bridgehead atoms. The lowest BCUT2D eigenvalue weighted by Crippen LogP contribution is -2.14. The van der Waals surface area contributed by atoms with Crippen LogP contribution < -0.4 is 10.6 Å². The molecular weight excluding hydrogens is 382 g/mol. The first-order chi connectivity index (χ1) is 12.9. The fourth-order valence-electron chi connectivity index (χ4n) is 3.12.